The summed E-state index contributed by atoms with van der Waals surface area (Å²) in [5.41, 5.74) is 4.50. The zero-order chi connectivity index (χ0) is 20.8. The van der Waals surface area contributed by atoms with Crippen molar-refractivity contribution in [1.29, 1.82) is 0 Å². The highest BCUT2D eigenvalue weighted by molar-refractivity contribution is 9.11. The Morgan fingerprint density at radius 2 is 1.83 bits per heavy atom. The van der Waals surface area contributed by atoms with Gasteiger partial charge in [0.15, 0.2) is 0 Å². The Labute approximate surface area is 197 Å². The lowest BCUT2D eigenvalue weighted by Crippen LogP contribution is -2.18. The predicted octanol–water partition coefficient (Wildman–Crippen LogP) is 6.37. The topological polar surface area (TPSA) is 63.6 Å². The summed E-state index contributed by atoms with van der Waals surface area (Å²) in [6, 6.07) is 14.8. The first-order valence-corrected chi connectivity index (χ1v) is 11.0. The third-order valence-electron chi connectivity index (χ3n) is 3.70. The highest BCUT2D eigenvalue weighted by Crippen LogP contribution is 2.35. The number of hydrogen-bond acceptors (Lipinski definition) is 4. The number of nitrogens with zero attached hydrogens (tertiary/aromatic N) is 2. The Morgan fingerprint density at radius 3 is 2.48 bits per heavy atom. The summed E-state index contributed by atoms with van der Waals surface area (Å²) in [5.74, 6) is 0.239. The minimum Gasteiger partial charge on any atom is -0.487 e. The van der Waals surface area contributed by atoms with Gasteiger partial charge in [-0.25, -0.2) is 10.4 Å². The molecular formula is C20H13Br3ClN3O2. The molecule has 0 fully saturated rings. The summed E-state index contributed by atoms with van der Waals surface area (Å²) < 4.78 is 8.45. The van der Waals surface area contributed by atoms with Crippen molar-refractivity contribution < 1.29 is 9.53 Å². The SMILES string of the molecule is O=C(NN=Cc1cc(Br)c(OCc2ccc(Br)cc2)c(Br)c1)c1cccnc1Cl. The number of carbonyl (C=O) groups is 1. The van der Waals surface area contributed by atoms with Crippen molar-refractivity contribution in [2.45, 2.75) is 6.61 Å². The number of nitrogens with one attached hydrogen (secondary N) is 1. The molecule has 2 aromatic carbocycles. The molecule has 1 amide bonds. The molecule has 0 aliphatic heterocycles. The van der Waals surface area contributed by atoms with Crippen molar-refractivity contribution >= 4 is 71.5 Å². The summed E-state index contributed by atoms with van der Waals surface area (Å²) in [4.78, 5) is 16.0. The molecule has 1 heterocycles. The Hall–Kier alpha value is -1.74. The molecule has 1 N–H and O–H groups in total. The largest absolute Gasteiger partial charge is 0.487 e. The van der Waals surface area contributed by atoms with Crippen molar-refractivity contribution in [2.24, 2.45) is 5.10 Å². The Bertz CT molecular complexity index is 1040. The van der Waals surface area contributed by atoms with Crippen LogP contribution in [0.5, 0.6) is 5.75 Å². The summed E-state index contributed by atoms with van der Waals surface area (Å²) >= 11 is 16.3. The van der Waals surface area contributed by atoms with Crippen LogP contribution in [-0.2, 0) is 6.61 Å². The summed E-state index contributed by atoms with van der Waals surface area (Å²) in [6.45, 7) is 0.430. The third-order valence-corrected chi connectivity index (χ3v) is 5.71. The van der Waals surface area contributed by atoms with Gasteiger partial charge in [0.05, 0.1) is 20.7 Å². The number of benzene rings is 2. The maximum absolute atomic E-state index is 12.1. The molecule has 0 spiro atoms. The molecule has 0 radical (unpaired) electrons. The first kappa shape index (κ1) is 22.0. The third kappa shape index (κ3) is 6.12. The molecule has 0 saturated carbocycles. The van der Waals surface area contributed by atoms with E-state index in [1.807, 2.05) is 36.4 Å². The lowest BCUT2D eigenvalue weighted by Gasteiger charge is -2.11. The van der Waals surface area contributed by atoms with Crippen molar-refractivity contribution in [3.8, 4) is 5.75 Å². The molecule has 3 rings (SSSR count). The molecule has 0 unspecified atom stereocenters. The van der Waals surface area contributed by atoms with Crippen LogP contribution in [0.25, 0.3) is 0 Å². The van der Waals surface area contributed by atoms with Crippen LogP contribution in [0.2, 0.25) is 5.15 Å². The van der Waals surface area contributed by atoms with Gasteiger partial charge in [-0.15, -0.1) is 0 Å². The van der Waals surface area contributed by atoms with E-state index >= 15 is 0 Å². The first-order valence-electron chi connectivity index (χ1n) is 8.24. The smallest absolute Gasteiger partial charge is 0.274 e. The van der Waals surface area contributed by atoms with Gasteiger partial charge >= 0.3 is 0 Å². The molecule has 0 aliphatic rings. The Balaban J connectivity index is 1.65. The van der Waals surface area contributed by atoms with Gasteiger partial charge in [-0.2, -0.15) is 5.10 Å². The summed E-state index contributed by atoms with van der Waals surface area (Å²) in [6.07, 6.45) is 3.04. The van der Waals surface area contributed by atoms with Crippen LogP contribution in [0.3, 0.4) is 0 Å². The Kier molecular flexibility index (Phi) is 7.83. The molecule has 0 saturated heterocycles. The van der Waals surface area contributed by atoms with Crippen LogP contribution in [0, 0.1) is 0 Å². The number of ether oxygens (including phenoxy) is 1. The second-order valence-corrected chi connectivity index (χ2v) is 8.75. The fourth-order valence-corrected chi connectivity index (χ4v) is 4.23. The van der Waals surface area contributed by atoms with Crippen LogP contribution in [0.4, 0.5) is 0 Å². The van der Waals surface area contributed by atoms with E-state index in [0.29, 0.717) is 12.4 Å². The van der Waals surface area contributed by atoms with Crippen molar-refractivity contribution in [2.75, 3.05) is 0 Å². The second-order valence-electron chi connectivity index (χ2n) is 5.77. The number of hydrazone groups is 1. The van der Waals surface area contributed by atoms with Crippen LogP contribution < -0.4 is 10.2 Å². The van der Waals surface area contributed by atoms with Gasteiger partial charge < -0.3 is 4.74 Å². The number of halogens is 4. The number of hydrogen-bond donors (Lipinski definition) is 1. The van der Waals surface area contributed by atoms with Crippen LogP contribution >= 0.6 is 59.4 Å². The van der Waals surface area contributed by atoms with Gasteiger partial charge in [-0.1, -0.05) is 39.7 Å². The van der Waals surface area contributed by atoms with Crippen LogP contribution in [0.15, 0.2) is 73.2 Å². The minimum atomic E-state index is -0.438. The van der Waals surface area contributed by atoms with Gasteiger partial charge in [-0.3, -0.25) is 4.79 Å². The molecule has 0 atom stereocenters. The molecule has 148 valence electrons. The highest BCUT2D eigenvalue weighted by Gasteiger charge is 2.11. The van der Waals surface area contributed by atoms with Crippen LogP contribution in [0.1, 0.15) is 21.5 Å². The van der Waals surface area contributed by atoms with E-state index in [1.54, 1.807) is 12.1 Å². The Morgan fingerprint density at radius 1 is 1.14 bits per heavy atom. The van der Waals surface area contributed by atoms with E-state index in [2.05, 4.69) is 63.3 Å². The molecular weight excluding hydrogens is 589 g/mol. The maximum Gasteiger partial charge on any atom is 0.274 e. The lowest BCUT2D eigenvalue weighted by molar-refractivity contribution is 0.0955. The highest BCUT2D eigenvalue weighted by atomic mass is 79.9. The molecule has 0 bridgehead atoms. The summed E-state index contributed by atoms with van der Waals surface area (Å²) in [5, 5.41) is 4.10. The van der Waals surface area contributed by atoms with Gasteiger partial charge in [-0.05, 0) is 79.4 Å². The van der Waals surface area contributed by atoms with Crippen LogP contribution in [-0.4, -0.2) is 17.1 Å². The van der Waals surface area contributed by atoms with E-state index in [9.17, 15) is 4.79 Å². The van der Waals surface area contributed by atoms with E-state index in [0.717, 1.165) is 24.5 Å². The zero-order valence-electron chi connectivity index (χ0n) is 14.7. The first-order chi connectivity index (χ1) is 13.9. The average Bonchev–Trinajstić information content (AvgIpc) is 2.69. The number of amides is 1. The van der Waals surface area contributed by atoms with Gasteiger partial charge in [0.2, 0.25) is 0 Å². The molecule has 0 aliphatic carbocycles. The number of pyridine rings is 1. The summed E-state index contributed by atoms with van der Waals surface area (Å²) in [7, 11) is 0. The number of rotatable bonds is 6. The van der Waals surface area contributed by atoms with E-state index in [1.165, 1.54) is 12.4 Å². The fraction of sp³-hybridized carbons (Fsp3) is 0.0500. The zero-order valence-corrected chi connectivity index (χ0v) is 20.2. The minimum absolute atomic E-state index is 0.123. The predicted molar refractivity (Wildman–Crippen MR) is 125 cm³/mol. The molecule has 1 aromatic heterocycles. The number of aromatic nitrogens is 1. The molecule has 3 aromatic rings. The van der Waals surface area contributed by atoms with Crippen molar-refractivity contribution in [3.63, 3.8) is 0 Å². The average molecular weight is 603 g/mol. The lowest BCUT2D eigenvalue weighted by atomic mass is 10.2. The standard InChI is InChI=1S/C20H13Br3ClN3O2/c21-14-5-3-12(4-6-14)11-29-18-16(22)8-13(9-17(18)23)10-26-27-20(28)15-2-1-7-25-19(15)24/h1-10H,11H2,(H,27,28). The quantitative estimate of drug-likeness (QED) is 0.203. The second kappa shape index (κ2) is 10.3. The maximum atomic E-state index is 12.1. The van der Waals surface area contributed by atoms with E-state index in [-0.39, 0.29) is 10.7 Å². The van der Waals surface area contributed by atoms with E-state index < -0.39 is 5.91 Å². The van der Waals surface area contributed by atoms with Gasteiger partial charge in [0, 0.05) is 10.7 Å². The normalized spacial score (nSPS) is 10.9. The molecule has 5 nitrogen and oxygen atoms in total. The van der Waals surface area contributed by atoms with Crippen molar-refractivity contribution in [3.05, 3.63) is 90.0 Å². The molecule has 9 heteroatoms. The van der Waals surface area contributed by atoms with E-state index in [4.69, 9.17) is 16.3 Å². The molecule has 29 heavy (non-hydrogen) atoms. The fourth-order valence-electron chi connectivity index (χ4n) is 2.31. The van der Waals surface area contributed by atoms with Gasteiger partial charge in [0.1, 0.15) is 17.5 Å². The van der Waals surface area contributed by atoms with Crippen molar-refractivity contribution in [1.82, 2.24) is 10.4 Å². The monoisotopic (exact) mass is 599 g/mol. The number of carbonyl (C=O) groups excluding carboxylic acids is 1. The van der Waals surface area contributed by atoms with Gasteiger partial charge in [0.25, 0.3) is 5.91 Å².